The van der Waals surface area contributed by atoms with Gasteiger partial charge in [-0.1, -0.05) is 68.4 Å². The van der Waals surface area contributed by atoms with Crippen molar-refractivity contribution in [2.45, 2.75) is 77.4 Å². The number of aliphatic imine (C=N–C) groups is 2. The maximum Gasteiger partial charge on any atom is 0.407 e. The third kappa shape index (κ3) is 7.76. The second-order valence-corrected chi connectivity index (χ2v) is 16.4. The number of rotatable bonds is 12. The number of ether oxygens (including phenoxy) is 2. The number of hydrogen-bond acceptors (Lipinski definition) is 8. The second-order valence-electron chi connectivity index (χ2n) is 16.4. The van der Waals surface area contributed by atoms with Gasteiger partial charge in [0.25, 0.3) is 0 Å². The van der Waals surface area contributed by atoms with Crippen LogP contribution in [0.1, 0.15) is 75.5 Å². The van der Waals surface area contributed by atoms with Crippen LogP contribution in [0.5, 0.6) is 5.88 Å². The van der Waals surface area contributed by atoms with Crippen LogP contribution in [0.4, 0.5) is 4.79 Å². The first-order valence-corrected chi connectivity index (χ1v) is 20.3. The molecule has 296 valence electrons. The van der Waals surface area contributed by atoms with E-state index in [1.165, 1.54) is 19.1 Å². The number of hydrogen-bond donors (Lipinski definition) is 2. The van der Waals surface area contributed by atoms with Crippen LogP contribution in [0.2, 0.25) is 0 Å². The van der Waals surface area contributed by atoms with Crippen molar-refractivity contribution in [1.29, 1.82) is 0 Å². The van der Waals surface area contributed by atoms with Crippen molar-refractivity contribution in [2.75, 3.05) is 20.8 Å². The van der Waals surface area contributed by atoms with Gasteiger partial charge in [-0.25, -0.2) is 9.78 Å². The van der Waals surface area contributed by atoms with Crippen LogP contribution in [0.15, 0.2) is 89.2 Å². The number of nitrogens with one attached hydrogen (secondary N) is 2. The number of nitrogens with zero attached hydrogens (tertiary/aromatic N) is 4. The Hall–Kier alpha value is -5.58. The fourth-order valence-electron chi connectivity index (χ4n) is 9.85. The lowest BCUT2D eigenvalue weighted by Crippen LogP contribution is -2.53. The number of carbonyl (C=O) groups is 3. The summed E-state index contributed by atoms with van der Waals surface area (Å²) in [4.78, 5) is 55.2. The van der Waals surface area contributed by atoms with Gasteiger partial charge in [0.15, 0.2) is 0 Å². The molecule has 1 saturated heterocycles. The zero-order valence-corrected chi connectivity index (χ0v) is 33.2. The highest BCUT2D eigenvalue weighted by Gasteiger charge is 2.52. The maximum absolute atomic E-state index is 13.7. The van der Waals surface area contributed by atoms with E-state index in [1.807, 2.05) is 43.3 Å². The molecule has 3 aromatic rings. The Morgan fingerprint density at radius 2 is 1.46 bits per heavy atom. The Labute approximate surface area is 334 Å². The minimum absolute atomic E-state index is 0.0534. The SMILES string of the molecule is COC(=O)N[C@H](C(=O)N1CCC[C@H]1C1=NC=C(c2ccc(-c3ccc(C4=CN=C(C5C6CCC(C6)[C@@H]5C(=O)NCc5cccnc5OC)C4)cc3)cc2)C1)C(C)C. The number of carbonyl (C=O) groups excluding carboxylic acids is 3. The molecule has 3 unspecified atom stereocenters. The first-order valence-electron chi connectivity index (χ1n) is 20.3. The quantitative estimate of drug-likeness (QED) is 0.196. The highest BCUT2D eigenvalue weighted by Crippen LogP contribution is 2.54. The van der Waals surface area contributed by atoms with Gasteiger partial charge in [-0.15, -0.1) is 0 Å². The minimum Gasteiger partial charge on any atom is -0.481 e. The number of likely N-dealkylation sites (tertiary alicyclic amines) is 1. The highest BCUT2D eigenvalue weighted by molar-refractivity contribution is 6.04. The van der Waals surface area contributed by atoms with Crippen LogP contribution in [-0.4, -0.2) is 72.1 Å². The number of amides is 3. The fourth-order valence-corrected chi connectivity index (χ4v) is 9.85. The lowest BCUT2D eigenvalue weighted by Gasteiger charge is -2.31. The molecule has 5 aliphatic rings. The molecule has 2 bridgehead atoms. The number of fused-ring (bicyclic) bond motifs is 2. The largest absolute Gasteiger partial charge is 0.481 e. The van der Waals surface area contributed by atoms with E-state index in [-0.39, 0.29) is 35.6 Å². The molecule has 57 heavy (non-hydrogen) atoms. The molecule has 11 heteroatoms. The third-order valence-corrected chi connectivity index (χ3v) is 12.8. The smallest absolute Gasteiger partial charge is 0.407 e. The molecule has 6 atom stereocenters. The van der Waals surface area contributed by atoms with Crippen LogP contribution in [0.25, 0.3) is 22.3 Å². The fraction of sp³-hybridized carbons (Fsp3) is 0.435. The Kier molecular flexibility index (Phi) is 11.1. The van der Waals surface area contributed by atoms with Gasteiger partial charge in [-0.3, -0.25) is 19.6 Å². The average molecular weight is 769 g/mol. The van der Waals surface area contributed by atoms with Gasteiger partial charge in [0.1, 0.15) is 6.04 Å². The summed E-state index contributed by atoms with van der Waals surface area (Å²) in [5.41, 5.74) is 9.88. The topological polar surface area (TPSA) is 135 Å². The average Bonchev–Trinajstić information content (AvgIpc) is 4.10. The van der Waals surface area contributed by atoms with E-state index < -0.39 is 12.1 Å². The molecular weight excluding hydrogens is 717 g/mol. The Balaban J connectivity index is 0.862. The molecule has 8 rings (SSSR count). The minimum atomic E-state index is -0.649. The lowest BCUT2D eigenvalue weighted by atomic mass is 9.75. The van der Waals surface area contributed by atoms with Crippen molar-refractivity contribution in [3.63, 3.8) is 0 Å². The highest BCUT2D eigenvalue weighted by atomic mass is 16.5. The van der Waals surface area contributed by atoms with E-state index >= 15 is 0 Å². The molecule has 3 amide bonds. The number of aromatic nitrogens is 1. The summed E-state index contributed by atoms with van der Waals surface area (Å²) in [6, 6.07) is 20.4. The monoisotopic (exact) mass is 768 g/mol. The standard InChI is InChI=1S/C46H52N6O5/c1-27(2)42(51-46(55)57-4)45(54)52-20-6-8-39(52)37-22-35(25-48-37)30-13-9-28(10-14-30)29-11-15-31(16-12-29)36-23-38(49-26-36)40-32-17-18-33(21-32)41(40)43(53)50-24-34-7-5-19-47-44(34)56-3/h5,7,9-16,19,25-27,32-33,39-42H,6,8,17-18,20-24H2,1-4H3,(H,50,53)(H,51,55)/t32?,33?,39-,40?,41-,42-/m0/s1. The van der Waals surface area contributed by atoms with Gasteiger partial charge in [0.05, 0.1) is 20.3 Å². The number of allylic oxidation sites excluding steroid dienone is 2. The third-order valence-electron chi connectivity index (χ3n) is 12.8. The molecule has 2 aromatic carbocycles. The summed E-state index contributed by atoms with van der Waals surface area (Å²) in [7, 11) is 2.91. The van der Waals surface area contributed by atoms with Crippen LogP contribution < -0.4 is 15.4 Å². The van der Waals surface area contributed by atoms with Crippen LogP contribution in [0, 0.1) is 29.6 Å². The molecule has 4 heterocycles. The number of pyridine rings is 1. The number of methoxy groups -OCH3 is 2. The van der Waals surface area contributed by atoms with Gasteiger partial charge < -0.3 is 25.0 Å². The van der Waals surface area contributed by atoms with Gasteiger partial charge >= 0.3 is 6.09 Å². The van der Waals surface area contributed by atoms with E-state index in [2.05, 4.69) is 64.1 Å². The molecule has 1 aromatic heterocycles. The summed E-state index contributed by atoms with van der Waals surface area (Å²) in [6.07, 6.45) is 11.6. The van der Waals surface area contributed by atoms with Crippen LogP contribution in [0.3, 0.4) is 0 Å². The van der Waals surface area contributed by atoms with Gasteiger partial charge in [-0.05, 0) is 89.3 Å². The van der Waals surface area contributed by atoms with Crippen molar-refractivity contribution in [2.24, 2.45) is 39.6 Å². The summed E-state index contributed by atoms with van der Waals surface area (Å²) >= 11 is 0. The van der Waals surface area contributed by atoms with Gasteiger partial charge in [0.2, 0.25) is 17.7 Å². The van der Waals surface area contributed by atoms with Crippen molar-refractivity contribution >= 4 is 40.5 Å². The molecule has 11 nitrogen and oxygen atoms in total. The summed E-state index contributed by atoms with van der Waals surface area (Å²) in [5, 5.41) is 5.93. The summed E-state index contributed by atoms with van der Waals surface area (Å²) in [5.74, 6) is 1.53. The number of benzene rings is 2. The predicted octanol–water partition coefficient (Wildman–Crippen LogP) is 7.48. The summed E-state index contributed by atoms with van der Waals surface area (Å²) < 4.78 is 10.2. The molecule has 0 radical (unpaired) electrons. The first kappa shape index (κ1) is 38.3. The van der Waals surface area contributed by atoms with E-state index in [1.54, 1.807) is 13.3 Å². The Morgan fingerprint density at radius 1 is 0.825 bits per heavy atom. The predicted molar refractivity (Wildman–Crippen MR) is 221 cm³/mol. The zero-order chi connectivity index (χ0) is 39.6. The van der Waals surface area contributed by atoms with E-state index in [4.69, 9.17) is 19.5 Å². The van der Waals surface area contributed by atoms with Gasteiger partial charge in [-0.2, -0.15) is 0 Å². The van der Waals surface area contributed by atoms with Crippen molar-refractivity contribution in [1.82, 2.24) is 20.5 Å². The van der Waals surface area contributed by atoms with E-state index in [0.717, 1.165) is 76.9 Å². The molecule has 3 aliphatic heterocycles. The van der Waals surface area contributed by atoms with E-state index in [9.17, 15) is 14.4 Å². The van der Waals surface area contributed by atoms with Crippen LogP contribution in [-0.2, 0) is 20.9 Å². The molecule has 2 N–H and O–H groups in total. The molecular formula is C46H52N6O5. The second kappa shape index (κ2) is 16.5. The van der Waals surface area contributed by atoms with Crippen molar-refractivity contribution < 1.29 is 23.9 Å². The van der Waals surface area contributed by atoms with Crippen molar-refractivity contribution in [3.8, 4) is 17.0 Å². The van der Waals surface area contributed by atoms with Crippen molar-refractivity contribution in [3.05, 3.63) is 96.0 Å². The molecule has 2 saturated carbocycles. The maximum atomic E-state index is 13.7. The first-order chi connectivity index (χ1) is 27.7. The Morgan fingerprint density at radius 3 is 2.11 bits per heavy atom. The van der Waals surface area contributed by atoms with Gasteiger partial charge in [0, 0.05) is 73.4 Å². The van der Waals surface area contributed by atoms with Crippen LogP contribution >= 0.6 is 0 Å². The number of alkyl carbamates (subject to hydrolysis) is 1. The molecule has 2 aliphatic carbocycles. The Bertz CT molecular complexity index is 2140. The zero-order valence-electron chi connectivity index (χ0n) is 33.2. The van der Waals surface area contributed by atoms with E-state index in [0.29, 0.717) is 37.2 Å². The molecule has 0 spiro atoms. The molecule has 3 fully saturated rings. The normalized spacial score (nSPS) is 24.2. The summed E-state index contributed by atoms with van der Waals surface area (Å²) in [6.45, 7) is 4.90. The lowest BCUT2D eigenvalue weighted by molar-refractivity contribution is -0.134.